The monoisotopic (exact) mass is 198 g/mol. The number of aryl methyl sites for hydroxylation is 1. The molecule has 1 atom stereocenters. The quantitative estimate of drug-likeness (QED) is 0.735. The molecule has 5 nitrogen and oxygen atoms in total. The van der Waals surface area contributed by atoms with Crippen LogP contribution in [0.3, 0.4) is 0 Å². The molecule has 0 aromatic carbocycles. The highest BCUT2D eigenvalue weighted by atomic mass is 16.5. The van der Waals surface area contributed by atoms with Crippen LogP contribution in [-0.2, 0) is 11.3 Å². The summed E-state index contributed by atoms with van der Waals surface area (Å²) >= 11 is 0. The van der Waals surface area contributed by atoms with E-state index in [0.717, 1.165) is 19.4 Å². The lowest BCUT2D eigenvalue weighted by Gasteiger charge is -2.09. The van der Waals surface area contributed by atoms with Gasteiger partial charge < -0.3 is 16.2 Å². The molecule has 1 unspecified atom stereocenters. The first-order chi connectivity index (χ1) is 6.65. The van der Waals surface area contributed by atoms with Crippen LogP contribution in [0.5, 0.6) is 0 Å². The van der Waals surface area contributed by atoms with Crippen LogP contribution in [0.2, 0.25) is 0 Å². The Morgan fingerprint density at radius 2 is 2.29 bits per heavy atom. The molecule has 0 aliphatic rings. The molecule has 0 spiro atoms. The van der Waals surface area contributed by atoms with E-state index in [4.69, 9.17) is 16.2 Å². The fourth-order valence-corrected chi connectivity index (χ4v) is 1.23. The Hall–Kier alpha value is -1.23. The second-order valence-electron chi connectivity index (χ2n) is 3.40. The van der Waals surface area contributed by atoms with Crippen molar-refractivity contribution in [2.75, 3.05) is 18.6 Å². The predicted octanol–water partition coefficient (Wildman–Crippen LogP) is 0.863. The molecule has 1 aromatic heterocycles. The Morgan fingerprint density at radius 3 is 2.79 bits per heavy atom. The van der Waals surface area contributed by atoms with E-state index >= 15 is 0 Å². The Labute approximate surface area is 84.0 Å². The number of hydrogen-bond acceptors (Lipinski definition) is 4. The third-order valence-electron chi connectivity index (χ3n) is 2.29. The zero-order valence-electron chi connectivity index (χ0n) is 8.73. The lowest BCUT2D eigenvalue weighted by molar-refractivity contribution is 0.107. The largest absolute Gasteiger partial charge is 0.394 e. The van der Waals surface area contributed by atoms with E-state index in [2.05, 4.69) is 5.10 Å². The fraction of sp³-hybridized carbons (Fsp3) is 0.667. The van der Waals surface area contributed by atoms with Gasteiger partial charge in [0.1, 0.15) is 5.82 Å². The van der Waals surface area contributed by atoms with Crippen molar-refractivity contribution in [3.63, 3.8) is 0 Å². The molecule has 0 amide bonds. The number of nitrogens with zero attached hydrogens (tertiary/aromatic N) is 2. The number of nitrogen functional groups attached to an aromatic ring is 2. The van der Waals surface area contributed by atoms with E-state index < -0.39 is 0 Å². The summed E-state index contributed by atoms with van der Waals surface area (Å²) in [5.74, 6) is 0.551. The van der Waals surface area contributed by atoms with Gasteiger partial charge in [-0.2, -0.15) is 5.10 Å². The molecular formula is C9H18N4O. The first-order valence-electron chi connectivity index (χ1n) is 4.74. The van der Waals surface area contributed by atoms with E-state index in [1.807, 2.05) is 6.92 Å². The normalized spacial score (nSPS) is 13.0. The number of hydrogen-bond donors (Lipinski definition) is 2. The van der Waals surface area contributed by atoms with Crippen LogP contribution in [0, 0.1) is 0 Å². The second-order valence-corrected chi connectivity index (χ2v) is 3.40. The van der Waals surface area contributed by atoms with Crippen molar-refractivity contribution < 1.29 is 4.74 Å². The zero-order chi connectivity index (χ0) is 10.6. The minimum absolute atomic E-state index is 0.282. The van der Waals surface area contributed by atoms with Gasteiger partial charge in [-0.05, 0) is 19.8 Å². The third-order valence-corrected chi connectivity index (χ3v) is 2.29. The predicted molar refractivity (Wildman–Crippen MR) is 56.8 cm³/mol. The van der Waals surface area contributed by atoms with Crippen molar-refractivity contribution in [3.8, 4) is 0 Å². The fourth-order valence-electron chi connectivity index (χ4n) is 1.23. The lowest BCUT2D eigenvalue weighted by Crippen LogP contribution is -2.09. The minimum Gasteiger partial charge on any atom is -0.394 e. The summed E-state index contributed by atoms with van der Waals surface area (Å²) in [7, 11) is 1.71. The van der Waals surface area contributed by atoms with Gasteiger partial charge in [0.15, 0.2) is 0 Å². The minimum atomic E-state index is 0.282. The average Bonchev–Trinajstić information content (AvgIpc) is 2.49. The number of methoxy groups -OCH3 is 1. The van der Waals surface area contributed by atoms with Crippen molar-refractivity contribution in [3.05, 3.63) is 6.20 Å². The maximum absolute atomic E-state index is 5.70. The molecule has 14 heavy (non-hydrogen) atoms. The molecular weight excluding hydrogens is 180 g/mol. The van der Waals surface area contributed by atoms with Gasteiger partial charge in [-0.1, -0.05) is 0 Å². The summed E-state index contributed by atoms with van der Waals surface area (Å²) in [6.45, 7) is 2.83. The third kappa shape index (κ3) is 2.63. The van der Waals surface area contributed by atoms with E-state index in [1.54, 1.807) is 18.0 Å². The summed E-state index contributed by atoms with van der Waals surface area (Å²) in [5.41, 5.74) is 11.8. The van der Waals surface area contributed by atoms with Crippen LogP contribution in [0.4, 0.5) is 11.5 Å². The molecule has 0 radical (unpaired) electrons. The SMILES string of the molecule is COC(C)CCCn1ncc(N)c1N. The molecule has 1 rings (SSSR count). The molecule has 5 heteroatoms. The molecule has 0 saturated carbocycles. The van der Waals surface area contributed by atoms with Gasteiger partial charge in [-0.3, -0.25) is 0 Å². The smallest absolute Gasteiger partial charge is 0.145 e. The molecule has 0 saturated heterocycles. The first-order valence-corrected chi connectivity index (χ1v) is 4.74. The Kier molecular flexibility index (Phi) is 3.76. The molecule has 4 N–H and O–H groups in total. The number of aromatic nitrogens is 2. The van der Waals surface area contributed by atoms with Gasteiger partial charge >= 0.3 is 0 Å². The molecule has 80 valence electrons. The van der Waals surface area contributed by atoms with Gasteiger partial charge in [0, 0.05) is 13.7 Å². The number of ether oxygens (including phenoxy) is 1. The summed E-state index contributed by atoms with van der Waals surface area (Å²) in [4.78, 5) is 0. The highest BCUT2D eigenvalue weighted by Crippen LogP contribution is 2.13. The van der Waals surface area contributed by atoms with E-state index in [-0.39, 0.29) is 6.10 Å². The Balaban J connectivity index is 2.35. The molecule has 1 aromatic rings. The molecule has 0 aliphatic heterocycles. The Bertz CT molecular complexity index is 284. The van der Waals surface area contributed by atoms with Crippen LogP contribution in [0.15, 0.2) is 6.20 Å². The van der Waals surface area contributed by atoms with Gasteiger partial charge in [0.2, 0.25) is 0 Å². The van der Waals surface area contributed by atoms with Crippen LogP contribution >= 0.6 is 0 Å². The van der Waals surface area contributed by atoms with Crippen molar-refractivity contribution in [2.24, 2.45) is 0 Å². The summed E-state index contributed by atoms with van der Waals surface area (Å²) < 4.78 is 6.86. The van der Waals surface area contributed by atoms with Crippen molar-refractivity contribution in [2.45, 2.75) is 32.4 Å². The van der Waals surface area contributed by atoms with Crippen molar-refractivity contribution >= 4 is 11.5 Å². The highest BCUT2D eigenvalue weighted by molar-refractivity contribution is 5.56. The van der Waals surface area contributed by atoms with Gasteiger partial charge in [0.25, 0.3) is 0 Å². The van der Waals surface area contributed by atoms with E-state index in [9.17, 15) is 0 Å². The number of rotatable bonds is 5. The standard InChI is InChI=1S/C9H18N4O/c1-7(14-2)4-3-5-13-9(11)8(10)6-12-13/h6-7H,3-5,10-11H2,1-2H3. The van der Waals surface area contributed by atoms with Crippen molar-refractivity contribution in [1.82, 2.24) is 9.78 Å². The van der Waals surface area contributed by atoms with Crippen molar-refractivity contribution in [1.29, 1.82) is 0 Å². The van der Waals surface area contributed by atoms with Crippen LogP contribution in [0.25, 0.3) is 0 Å². The van der Waals surface area contributed by atoms with Crippen LogP contribution < -0.4 is 11.5 Å². The summed E-state index contributed by atoms with van der Waals surface area (Å²) in [6, 6.07) is 0. The number of anilines is 2. The first kappa shape index (κ1) is 10.8. The van der Waals surface area contributed by atoms with Crippen LogP contribution in [0.1, 0.15) is 19.8 Å². The highest BCUT2D eigenvalue weighted by Gasteiger charge is 2.04. The van der Waals surface area contributed by atoms with E-state index in [0.29, 0.717) is 11.5 Å². The van der Waals surface area contributed by atoms with Gasteiger partial charge in [0.05, 0.1) is 18.0 Å². The summed E-state index contributed by atoms with van der Waals surface area (Å²) in [5, 5.41) is 4.06. The van der Waals surface area contributed by atoms with Gasteiger partial charge in [-0.15, -0.1) is 0 Å². The second kappa shape index (κ2) is 4.85. The average molecular weight is 198 g/mol. The molecule has 0 bridgehead atoms. The maximum atomic E-state index is 5.70. The Morgan fingerprint density at radius 1 is 1.57 bits per heavy atom. The maximum Gasteiger partial charge on any atom is 0.145 e. The summed E-state index contributed by atoms with van der Waals surface area (Å²) in [6.07, 6.45) is 3.84. The van der Waals surface area contributed by atoms with Gasteiger partial charge in [-0.25, -0.2) is 4.68 Å². The molecule has 1 heterocycles. The topological polar surface area (TPSA) is 79.1 Å². The van der Waals surface area contributed by atoms with Crippen LogP contribution in [-0.4, -0.2) is 23.0 Å². The lowest BCUT2D eigenvalue weighted by atomic mass is 10.2. The van der Waals surface area contributed by atoms with E-state index in [1.165, 1.54) is 0 Å². The molecule has 0 aliphatic carbocycles. The number of nitrogens with two attached hydrogens (primary N) is 2. The zero-order valence-corrected chi connectivity index (χ0v) is 8.73. The molecule has 0 fully saturated rings.